The first kappa shape index (κ1) is 127. The van der Waals surface area contributed by atoms with Gasteiger partial charge in [-0.15, -0.1) is 0 Å². The Morgan fingerprint density at radius 1 is 0.152 bits per heavy atom. The van der Waals surface area contributed by atoms with Gasteiger partial charge in [0.15, 0.2) is 0 Å². The summed E-state index contributed by atoms with van der Waals surface area (Å²) in [6.07, 6.45) is 71.3. The zero-order valence-electron chi connectivity index (χ0n) is 87.3. The van der Waals surface area contributed by atoms with Gasteiger partial charge in [0, 0.05) is 51.4 Å². The van der Waals surface area contributed by atoms with Crippen molar-refractivity contribution >= 4 is 59.7 Å². The van der Waals surface area contributed by atoms with E-state index in [9.17, 15) is 47.9 Å². The van der Waals surface area contributed by atoms with Crippen LogP contribution in [0.5, 0.6) is 0 Å². The normalized spacial score (nSPS) is 13.3. The lowest BCUT2D eigenvalue weighted by Gasteiger charge is -2.31. The summed E-state index contributed by atoms with van der Waals surface area (Å²) in [6.45, 7) is 20.0. The van der Waals surface area contributed by atoms with E-state index >= 15 is 0 Å². The average Bonchev–Trinajstić information content (AvgIpc) is 0.860. The third-order valence-corrected chi connectivity index (χ3v) is 26.5. The molecule has 774 valence electrons. The van der Waals surface area contributed by atoms with Crippen LogP contribution >= 0.6 is 0 Å². The van der Waals surface area contributed by atoms with Gasteiger partial charge in [0.25, 0.3) is 0 Å². The first-order valence-electron chi connectivity index (χ1n) is 56.0. The molecule has 0 aliphatic rings. The minimum absolute atomic E-state index is 0.0741. The standard InChI is InChI=1S/C112H206O20/c1-11-21-29-33-37-45-61-73-97(129-107(119)85-57-25-15-5)77-65-49-41-53-69-81-101(113)123-91-111(19-9,92-124-102(114)82-70-54-42-50-66-78-98(130-108(120)86-58-26-16-6)74-62-46-38-34-30-22-12-2)95-127-105(117)89-90-106(118)128-96-112(20-10,93-125-103(115)83-71-55-43-51-67-79-99(131-109(121)87-59-27-17-7)75-63-47-39-35-31-23-13-3)94-126-104(116)84-72-56-44-52-68-80-100(132-110(122)88-60-28-18-8)76-64-48-40-36-32-24-14-4/h97-100H,11-96H2,1-10H3. The Balaban J connectivity index is 6.39. The van der Waals surface area contributed by atoms with Gasteiger partial charge in [-0.2, -0.15) is 0 Å². The van der Waals surface area contributed by atoms with Crippen molar-refractivity contribution in [2.45, 2.75) is 607 Å². The fraction of sp³-hybridized carbons (Fsp3) is 0.911. The van der Waals surface area contributed by atoms with Crippen molar-refractivity contribution in [2.75, 3.05) is 39.6 Å². The molecule has 0 heterocycles. The molecular formula is C112H206O20. The molecule has 4 atom stereocenters. The van der Waals surface area contributed by atoms with Crippen molar-refractivity contribution in [3.05, 3.63) is 0 Å². The molecule has 0 aromatic heterocycles. The predicted molar refractivity (Wildman–Crippen MR) is 536 cm³/mol. The summed E-state index contributed by atoms with van der Waals surface area (Å²) in [5.74, 6) is -3.45. The summed E-state index contributed by atoms with van der Waals surface area (Å²) in [7, 11) is 0. The summed E-state index contributed by atoms with van der Waals surface area (Å²) >= 11 is 0. The molecule has 0 spiro atoms. The maximum Gasteiger partial charge on any atom is 0.306 e. The summed E-state index contributed by atoms with van der Waals surface area (Å²) in [5.41, 5.74) is -2.20. The van der Waals surface area contributed by atoms with Crippen molar-refractivity contribution in [1.29, 1.82) is 0 Å². The number of unbranched alkanes of at least 4 members (excludes halogenated alkanes) is 48. The summed E-state index contributed by atoms with van der Waals surface area (Å²) in [4.78, 5) is 133. The summed E-state index contributed by atoms with van der Waals surface area (Å²) in [6, 6.07) is 0. The maximum absolute atomic E-state index is 13.8. The van der Waals surface area contributed by atoms with Crippen LogP contribution in [0, 0.1) is 10.8 Å². The highest BCUT2D eigenvalue weighted by molar-refractivity contribution is 5.78. The molecule has 0 aliphatic heterocycles. The first-order valence-corrected chi connectivity index (χ1v) is 56.0. The Labute approximate surface area is 808 Å². The number of carbonyl (C=O) groups is 10. The molecule has 0 saturated heterocycles. The van der Waals surface area contributed by atoms with Gasteiger partial charge < -0.3 is 47.4 Å². The second-order valence-corrected chi connectivity index (χ2v) is 39.3. The van der Waals surface area contributed by atoms with E-state index in [0.29, 0.717) is 64.2 Å². The largest absolute Gasteiger partial charge is 0.465 e. The minimum atomic E-state index is -1.10. The zero-order valence-corrected chi connectivity index (χ0v) is 87.3. The van der Waals surface area contributed by atoms with E-state index in [1.807, 2.05) is 13.8 Å². The second-order valence-electron chi connectivity index (χ2n) is 39.3. The third kappa shape index (κ3) is 80.8. The Morgan fingerprint density at radius 3 is 0.432 bits per heavy atom. The van der Waals surface area contributed by atoms with Crippen LogP contribution in [0.25, 0.3) is 0 Å². The lowest BCUT2D eigenvalue weighted by Crippen LogP contribution is -2.39. The Morgan fingerprint density at radius 2 is 0.273 bits per heavy atom. The molecule has 0 radical (unpaired) electrons. The number of rotatable bonds is 101. The van der Waals surface area contributed by atoms with Gasteiger partial charge in [-0.05, 0) is 167 Å². The highest BCUT2D eigenvalue weighted by atomic mass is 16.6. The first-order chi connectivity index (χ1) is 64.2. The van der Waals surface area contributed by atoms with E-state index in [4.69, 9.17) is 47.4 Å². The van der Waals surface area contributed by atoms with Crippen LogP contribution in [0.3, 0.4) is 0 Å². The topological polar surface area (TPSA) is 263 Å². The van der Waals surface area contributed by atoms with E-state index in [1.165, 1.54) is 128 Å². The Kier molecular flexibility index (Phi) is 89.6. The van der Waals surface area contributed by atoms with Crippen LogP contribution < -0.4 is 0 Å². The van der Waals surface area contributed by atoms with Crippen molar-refractivity contribution in [1.82, 2.24) is 0 Å². The van der Waals surface area contributed by atoms with E-state index in [0.717, 1.165) is 283 Å². The summed E-state index contributed by atoms with van der Waals surface area (Å²) in [5, 5.41) is 0. The average molecular weight is 1870 g/mol. The van der Waals surface area contributed by atoms with Gasteiger partial charge in [0.2, 0.25) is 0 Å². The smallest absolute Gasteiger partial charge is 0.306 e. The van der Waals surface area contributed by atoms with Crippen molar-refractivity contribution in [3.63, 3.8) is 0 Å². The van der Waals surface area contributed by atoms with Crippen LogP contribution in [-0.2, 0) is 95.3 Å². The molecule has 20 heteroatoms. The fourth-order valence-electron chi connectivity index (χ4n) is 17.0. The molecule has 0 aliphatic carbocycles. The van der Waals surface area contributed by atoms with E-state index in [1.54, 1.807) is 0 Å². The fourth-order valence-corrected chi connectivity index (χ4v) is 17.0. The summed E-state index contributed by atoms with van der Waals surface area (Å²) < 4.78 is 59.8. The monoisotopic (exact) mass is 1870 g/mol. The number of hydrogen-bond acceptors (Lipinski definition) is 20. The van der Waals surface area contributed by atoms with Crippen molar-refractivity contribution < 1.29 is 95.3 Å². The van der Waals surface area contributed by atoms with E-state index < -0.39 is 46.6 Å². The third-order valence-electron chi connectivity index (χ3n) is 26.5. The SMILES string of the molecule is CCCCCCCCCC(CCCCCCCC(=O)OCC(CC)(COC(=O)CCCCCCCC(CCCCCCCCC)OC(=O)CCCCC)COC(=O)CCC(=O)OCC(CC)(COC(=O)CCCCCCCC(CCCCCCCCC)OC(=O)CCCCC)COC(=O)CCCCCCCC(CCCCCCCCC)OC(=O)CCCCC)OC(=O)CCCCC. The van der Waals surface area contributed by atoms with Gasteiger partial charge in [-0.3, -0.25) is 47.9 Å². The van der Waals surface area contributed by atoms with Crippen LogP contribution in [0.15, 0.2) is 0 Å². The molecule has 20 nitrogen and oxygen atoms in total. The van der Waals surface area contributed by atoms with Crippen LogP contribution in [-0.4, -0.2) is 124 Å². The molecule has 0 amide bonds. The molecular weight excluding hydrogens is 1670 g/mol. The van der Waals surface area contributed by atoms with Crippen molar-refractivity contribution in [3.8, 4) is 0 Å². The molecule has 0 fully saturated rings. The molecule has 0 bridgehead atoms. The quantitative estimate of drug-likeness (QED) is 0.0311. The number of esters is 10. The molecule has 0 saturated carbocycles. The van der Waals surface area contributed by atoms with Gasteiger partial charge >= 0.3 is 59.7 Å². The lowest BCUT2D eigenvalue weighted by molar-refractivity contribution is -0.167. The molecule has 0 rings (SSSR count). The molecule has 0 aromatic carbocycles. The van der Waals surface area contributed by atoms with Gasteiger partial charge in [0.05, 0.1) is 23.7 Å². The lowest BCUT2D eigenvalue weighted by atomic mass is 9.87. The van der Waals surface area contributed by atoms with Gasteiger partial charge in [0.1, 0.15) is 64.1 Å². The van der Waals surface area contributed by atoms with Gasteiger partial charge in [-0.1, -0.05) is 352 Å². The molecule has 132 heavy (non-hydrogen) atoms. The van der Waals surface area contributed by atoms with Crippen molar-refractivity contribution in [2.24, 2.45) is 10.8 Å². The molecule has 0 aromatic rings. The maximum atomic E-state index is 13.8. The van der Waals surface area contributed by atoms with Crippen LogP contribution in [0.2, 0.25) is 0 Å². The highest BCUT2D eigenvalue weighted by Gasteiger charge is 2.37. The number of ether oxygens (including phenoxy) is 10. The number of carbonyl (C=O) groups excluding carboxylic acids is 10. The Hall–Kier alpha value is -5.30. The predicted octanol–water partition coefficient (Wildman–Crippen LogP) is 31.3. The van der Waals surface area contributed by atoms with E-state index in [2.05, 4.69) is 55.4 Å². The second kappa shape index (κ2) is 93.4. The molecule has 0 N–H and O–H groups in total. The van der Waals surface area contributed by atoms with Crippen LogP contribution in [0.4, 0.5) is 0 Å². The minimum Gasteiger partial charge on any atom is -0.465 e. The number of hydrogen-bond donors (Lipinski definition) is 0. The zero-order chi connectivity index (χ0) is 97.0. The van der Waals surface area contributed by atoms with E-state index in [-0.39, 0.29) is 126 Å². The van der Waals surface area contributed by atoms with Gasteiger partial charge in [-0.25, -0.2) is 0 Å². The Bertz CT molecular complexity index is 2400. The highest BCUT2D eigenvalue weighted by Crippen LogP contribution is 2.31. The van der Waals surface area contributed by atoms with Crippen LogP contribution in [0.1, 0.15) is 583 Å². The molecule has 4 unspecified atom stereocenters.